The Balaban J connectivity index is 2.72. The van der Waals surface area contributed by atoms with Crippen LogP contribution in [0.5, 0.6) is 0 Å². The molecule has 1 fully saturated rings. The summed E-state index contributed by atoms with van der Waals surface area (Å²) in [4.78, 5) is 26.6. The van der Waals surface area contributed by atoms with E-state index in [0.29, 0.717) is 12.8 Å². The number of nitrogens with one attached hydrogen (secondary N) is 1. The number of carbonyl (C=O) groups is 2. The van der Waals surface area contributed by atoms with Gasteiger partial charge in [-0.25, -0.2) is 0 Å². The molecule has 0 bridgehead atoms. The van der Waals surface area contributed by atoms with Gasteiger partial charge in [0.25, 0.3) is 0 Å². The first-order chi connectivity index (χ1) is 39.7. The van der Waals surface area contributed by atoms with E-state index >= 15 is 0 Å². The van der Waals surface area contributed by atoms with Crippen LogP contribution in [-0.2, 0) is 23.8 Å². The number of hydrogen-bond acceptors (Lipinski definition) is 10. The predicted octanol–water partition coefficient (Wildman–Crippen LogP) is 15.8. The van der Waals surface area contributed by atoms with Crippen molar-refractivity contribution < 1.29 is 49.3 Å². The Morgan fingerprint density at radius 2 is 0.889 bits per heavy atom. The van der Waals surface area contributed by atoms with E-state index in [2.05, 4.69) is 135 Å². The standard InChI is InChI=1S/C70H117NO10/c1-4-7-10-13-16-19-22-25-27-29-31-33-34-36-39-42-45-48-51-54-57-63(74)69(78)71-61(62(73)56-53-50-47-44-41-38-24-21-18-15-12-9-6-3)60-79-70-68(67(77)66(76)64(59-72)80-70)81-65(75)58-55-52-49-46-43-40-37-35-32-30-28-26-23-20-17-14-11-8-5-2/h7,10,16-17,19-20,25-28,31-33,35-36,39-40,43,53,56,61-64,66-68,70,72-74,76-77H,4-6,8-9,11-15,18,21-24,29-30,34,37-38,41-42,44-52,54-55,57-60H2,1-3H3,(H,71,78)/b10-7-,19-16-,20-17-,27-25-,28-26-,33-31-,35-32-,39-36-,43-40-,56-53+. The first kappa shape index (κ1) is 75.1. The number of allylic oxidation sites excluding steroid dienone is 19. The van der Waals surface area contributed by atoms with Crippen LogP contribution in [0.25, 0.3) is 0 Å². The van der Waals surface area contributed by atoms with E-state index in [-0.39, 0.29) is 19.4 Å². The van der Waals surface area contributed by atoms with Crippen molar-refractivity contribution in [3.63, 3.8) is 0 Å². The monoisotopic (exact) mass is 1130 g/mol. The Morgan fingerprint density at radius 3 is 1.36 bits per heavy atom. The zero-order valence-electron chi connectivity index (χ0n) is 51.1. The lowest BCUT2D eigenvalue weighted by atomic mass is 9.99. The van der Waals surface area contributed by atoms with E-state index in [0.717, 1.165) is 122 Å². The van der Waals surface area contributed by atoms with Crippen LogP contribution < -0.4 is 5.32 Å². The van der Waals surface area contributed by atoms with Crippen LogP contribution in [-0.4, -0.2) is 99.6 Å². The molecule has 0 spiro atoms. The molecule has 81 heavy (non-hydrogen) atoms. The molecular weight excluding hydrogens is 1010 g/mol. The average molecular weight is 1130 g/mol. The summed E-state index contributed by atoms with van der Waals surface area (Å²) in [6.07, 6.45) is 67.9. The summed E-state index contributed by atoms with van der Waals surface area (Å²) in [6, 6.07) is -1.05. The smallest absolute Gasteiger partial charge is 0.306 e. The van der Waals surface area contributed by atoms with Crippen LogP contribution in [0.15, 0.2) is 122 Å². The van der Waals surface area contributed by atoms with E-state index in [4.69, 9.17) is 14.2 Å². The lowest BCUT2D eigenvalue weighted by molar-refractivity contribution is -0.305. The van der Waals surface area contributed by atoms with Gasteiger partial charge in [0, 0.05) is 6.42 Å². The Bertz CT molecular complexity index is 1780. The normalized spacial score (nSPS) is 19.5. The summed E-state index contributed by atoms with van der Waals surface area (Å²) in [5.41, 5.74) is 0. The highest BCUT2D eigenvalue weighted by atomic mass is 16.7. The van der Waals surface area contributed by atoms with Gasteiger partial charge in [0.2, 0.25) is 5.91 Å². The van der Waals surface area contributed by atoms with Gasteiger partial charge in [-0.3, -0.25) is 9.59 Å². The summed E-state index contributed by atoms with van der Waals surface area (Å²) in [5.74, 6) is -1.25. The second-order valence-electron chi connectivity index (χ2n) is 21.8. The van der Waals surface area contributed by atoms with Gasteiger partial charge in [-0.05, 0) is 116 Å². The van der Waals surface area contributed by atoms with Gasteiger partial charge in [-0.2, -0.15) is 0 Å². The number of esters is 1. The van der Waals surface area contributed by atoms with Crippen molar-refractivity contribution in [3.05, 3.63) is 122 Å². The molecule has 0 saturated carbocycles. The molecule has 11 nitrogen and oxygen atoms in total. The first-order valence-electron chi connectivity index (χ1n) is 32.3. The fourth-order valence-corrected chi connectivity index (χ4v) is 9.25. The Morgan fingerprint density at radius 1 is 0.494 bits per heavy atom. The van der Waals surface area contributed by atoms with Crippen LogP contribution in [0.2, 0.25) is 0 Å². The molecule has 8 unspecified atom stereocenters. The second kappa shape index (κ2) is 56.5. The third kappa shape index (κ3) is 44.3. The van der Waals surface area contributed by atoms with Crippen LogP contribution >= 0.6 is 0 Å². The van der Waals surface area contributed by atoms with E-state index in [1.807, 2.05) is 6.08 Å². The average Bonchev–Trinajstić information content (AvgIpc) is 3.46. The summed E-state index contributed by atoms with van der Waals surface area (Å²) in [6.45, 7) is 5.61. The number of aliphatic hydroxyl groups excluding tert-OH is 5. The Labute approximate surface area is 493 Å². The van der Waals surface area contributed by atoms with Crippen molar-refractivity contribution in [1.29, 1.82) is 0 Å². The van der Waals surface area contributed by atoms with Crippen LogP contribution in [0.4, 0.5) is 0 Å². The summed E-state index contributed by atoms with van der Waals surface area (Å²) in [7, 11) is 0. The molecular formula is C70H117NO10. The zero-order valence-corrected chi connectivity index (χ0v) is 51.1. The van der Waals surface area contributed by atoms with E-state index < -0.39 is 67.4 Å². The topological polar surface area (TPSA) is 175 Å². The molecule has 1 heterocycles. The number of hydrogen-bond donors (Lipinski definition) is 6. The van der Waals surface area contributed by atoms with Gasteiger partial charge < -0.3 is 45.1 Å². The molecule has 0 radical (unpaired) electrons. The van der Waals surface area contributed by atoms with Crippen molar-refractivity contribution in [3.8, 4) is 0 Å². The maximum absolute atomic E-state index is 13.4. The fourth-order valence-electron chi connectivity index (χ4n) is 9.25. The first-order valence-corrected chi connectivity index (χ1v) is 32.3. The van der Waals surface area contributed by atoms with Gasteiger partial charge in [-0.15, -0.1) is 0 Å². The van der Waals surface area contributed by atoms with Crippen molar-refractivity contribution in [2.75, 3.05) is 13.2 Å². The lowest BCUT2D eigenvalue weighted by Crippen LogP contribution is -2.61. The SMILES string of the molecule is CC/C=C\C/C=C\C/C=C\C/C=C\C/C=C\CCCCCCC(O)C(=O)NC(COC1OC(CO)C(O)C(O)C1OC(=O)CCCCC/C=C\C/C=C\C/C=C\C/C=C\CCCCC)C(O)/C=C/CCCCCCCCCCCCC. The third-order valence-electron chi connectivity index (χ3n) is 14.3. The Hall–Kier alpha value is -3.94. The van der Waals surface area contributed by atoms with Crippen LogP contribution in [0.1, 0.15) is 245 Å². The van der Waals surface area contributed by atoms with Crippen LogP contribution in [0.3, 0.4) is 0 Å². The second-order valence-corrected chi connectivity index (χ2v) is 21.8. The van der Waals surface area contributed by atoms with Gasteiger partial charge >= 0.3 is 5.97 Å². The minimum Gasteiger partial charge on any atom is -0.454 e. The van der Waals surface area contributed by atoms with Crippen LogP contribution in [0, 0.1) is 0 Å². The van der Waals surface area contributed by atoms with E-state index in [1.165, 1.54) is 77.0 Å². The van der Waals surface area contributed by atoms with Crippen molar-refractivity contribution in [2.24, 2.45) is 0 Å². The van der Waals surface area contributed by atoms with Gasteiger partial charge in [0.05, 0.1) is 25.4 Å². The highest BCUT2D eigenvalue weighted by molar-refractivity contribution is 5.80. The summed E-state index contributed by atoms with van der Waals surface area (Å²) >= 11 is 0. The predicted molar refractivity (Wildman–Crippen MR) is 338 cm³/mol. The van der Waals surface area contributed by atoms with Gasteiger partial charge in [0.15, 0.2) is 12.4 Å². The van der Waals surface area contributed by atoms with Crippen molar-refractivity contribution >= 4 is 11.9 Å². The number of rotatable bonds is 53. The maximum Gasteiger partial charge on any atom is 0.306 e. The molecule has 0 aliphatic carbocycles. The number of aliphatic hydroxyl groups is 5. The lowest BCUT2D eigenvalue weighted by Gasteiger charge is -2.41. The molecule has 8 atom stereocenters. The molecule has 11 heteroatoms. The van der Waals surface area contributed by atoms with Gasteiger partial charge in [-0.1, -0.05) is 245 Å². The molecule has 0 aromatic rings. The Kier molecular flexibility index (Phi) is 52.4. The fraction of sp³-hybridized carbons (Fsp3) is 0.686. The van der Waals surface area contributed by atoms with Gasteiger partial charge in [0.1, 0.15) is 24.4 Å². The maximum atomic E-state index is 13.4. The minimum atomic E-state index is -1.64. The molecule has 1 rings (SSSR count). The number of amides is 1. The van der Waals surface area contributed by atoms with E-state index in [1.54, 1.807) is 6.08 Å². The summed E-state index contributed by atoms with van der Waals surface area (Å²) in [5, 5.41) is 57.1. The summed E-state index contributed by atoms with van der Waals surface area (Å²) < 4.78 is 17.6. The molecule has 1 aliphatic rings. The molecule has 6 N–H and O–H groups in total. The highest BCUT2D eigenvalue weighted by Crippen LogP contribution is 2.26. The molecule has 1 amide bonds. The molecule has 0 aromatic heterocycles. The highest BCUT2D eigenvalue weighted by Gasteiger charge is 2.47. The quantitative estimate of drug-likeness (QED) is 0.0195. The number of ether oxygens (including phenoxy) is 3. The third-order valence-corrected chi connectivity index (χ3v) is 14.3. The van der Waals surface area contributed by atoms with Crippen molar-refractivity contribution in [2.45, 2.75) is 294 Å². The van der Waals surface area contributed by atoms with Crippen molar-refractivity contribution in [1.82, 2.24) is 5.32 Å². The molecule has 1 saturated heterocycles. The number of carbonyl (C=O) groups excluding carboxylic acids is 2. The number of unbranched alkanes of at least 4 members (excludes halogenated alkanes) is 21. The molecule has 0 aromatic carbocycles. The minimum absolute atomic E-state index is 0.0770. The van der Waals surface area contributed by atoms with E-state index in [9.17, 15) is 35.1 Å². The zero-order chi connectivity index (χ0) is 58.9. The molecule has 1 aliphatic heterocycles. The molecule has 462 valence electrons. The largest absolute Gasteiger partial charge is 0.454 e.